The van der Waals surface area contributed by atoms with Gasteiger partial charge in [0.1, 0.15) is 19.3 Å². The molecule has 174 valence electrons. The van der Waals surface area contributed by atoms with Crippen LogP contribution in [0.1, 0.15) is 36.8 Å². The zero-order valence-electron chi connectivity index (χ0n) is 18.7. The van der Waals surface area contributed by atoms with Crippen LogP contribution in [0, 0.1) is 5.41 Å². The highest BCUT2D eigenvalue weighted by atomic mass is 16.5. The fourth-order valence-electron chi connectivity index (χ4n) is 4.50. The van der Waals surface area contributed by atoms with Gasteiger partial charge in [-0.15, -0.1) is 0 Å². The summed E-state index contributed by atoms with van der Waals surface area (Å²) in [7, 11) is 0. The summed E-state index contributed by atoms with van der Waals surface area (Å²) in [6, 6.07) is 18.1. The number of rotatable bonds is 9. The van der Waals surface area contributed by atoms with Crippen LogP contribution in [0.25, 0.3) is 0 Å². The van der Waals surface area contributed by atoms with E-state index in [0.717, 1.165) is 37.1 Å². The van der Waals surface area contributed by atoms with Gasteiger partial charge in [0.15, 0.2) is 0 Å². The Balaban J connectivity index is 1.36. The van der Waals surface area contributed by atoms with Crippen molar-refractivity contribution in [1.82, 2.24) is 10.2 Å². The van der Waals surface area contributed by atoms with Crippen LogP contribution in [-0.4, -0.2) is 48.4 Å². The average Bonchev–Trinajstić information content (AvgIpc) is 2.87. The Labute approximate surface area is 194 Å². The molecule has 2 fully saturated rings. The lowest BCUT2D eigenvalue weighted by Gasteiger charge is -2.53. The monoisotopic (exact) mass is 450 g/mol. The molecule has 0 aromatic heterocycles. The number of β-lactam (4-membered cyclic amide) rings is 1. The normalized spacial score (nSPS) is 17.8. The van der Waals surface area contributed by atoms with Gasteiger partial charge in [0.2, 0.25) is 5.91 Å². The van der Waals surface area contributed by atoms with Crippen molar-refractivity contribution in [1.29, 1.82) is 0 Å². The molecule has 0 bridgehead atoms. The Bertz CT molecular complexity index is 957. The van der Waals surface area contributed by atoms with Crippen molar-refractivity contribution in [2.24, 2.45) is 5.41 Å². The topological polar surface area (TPSA) is 84.9 Å². The van der Waals surface area contributed by atoms with E-state index >= 15 is 0 Å². The summed E-state index contributed by atoms with van der Waals surface area (Å²) < 4.78 is 10.9. The van der Waals surface area contributed by atoms with E-state index in [1.54, 1.807) is 4.90 Å². The average molecular weight is 451 g/mol. The second-order valence-corrected chi connectivity index (χ2v) is 8.76. The van der Waals surface area contributed by atoms with E-state index in [1.165, 1.54) is 0 Å². The lowest BCUT2D eigenvalue weighted by molar-refractivity contribution is -0.177. The summed E-state index contributed by atoms with van der Waals surface area (Å²) in [4.78, 5) is 40.0. The molecular formula is C26H30N2O5. The predicted molar refractivity (Wildman–Crippen MR) is 122 cm³/mol. The molecule has 4 rings (SSSR count). The first-order valence-corrected chi connectivity index (χ1v) is 11.5. The van der Waals surface area contributed by atoms with Crippen molar-refractivity contribution >= 4 is 17.8 Å². The van der Waals surface area contributed by atoms with Crippen LogP contribution in [0.2, 0.25) is 0 Å². The quantitative estimate of drug-likeness (QED) is 0.467. The molecule has 1 spiro atoms. The summed E-state index contributed by atoms with van der Waals surface area (Å²) in [5.74, 6) is -0.889. The highest BCUT2D eigenvalue weighted by Gasteiger charge is 2.55. The molecule has 2 aromatic carbocycles. The van der Waals surface area contributed by atoms with Crippen LogP contribution in [-0.2, 0) is 37.1 Å². The molecule has 0 unspecified atom stereocenters. The maximum Gasteiger partial charge on any atom is 0.329 e. The third-order valence-electron chi connectivity index (χ3n) is 6.48. The van der Waals surface area contributed by atoms with Crippen molar-refractivity contribution in [2.45, 2.75) is 44.9 Å². The number of benzene rings is 2. The Morgan fingerprint density at radius 2 is 1.48 bits per heavy atom. The van der Waals surface area contributed by atoms with Crippen molar-refractivity contribution in [3.8, 4) is 0 Å². The van der Waals surface area contributed by atoms with Crippen molar-refractivity contribution in [2.75, 3.05) is 19.6 Å². The maximum atomic E-state index is 13.1. The lowest BCUT2D eigenvalue weighted by atomic mass is 9.70. The zero-order valence-corrected chi connectivity index (χ0v) is 18.7. The molecule has 7 heteroatoms. The predicted octanol–water partition coefficient (Wildman–Crippen LogP) is 2.83. The van der Waals surface area contributed by atoms with Crippen LogP contribution < -0.4 is 5.32 Å². The first kappa shape index (κ1) is 23.0. The number of carbonyl (C=O) groups is 3. The molecule has 0 saturated carbocycles. The van der Waals surface area contributed by atoms with Gasteiger partial charge in [-0.25, -0.2) is 4.79 Å². The Morgan fingerprint density at radius 1 is 0.909 bits per heavy atom. The third kappa shape index (κ3) is 5.60. The molecule has 33 heavy (non-hydrogen) atoms. The number of hydrogen-bond donors (Lipinski definition) is 1. The first-order chi connectivity index (χ1) is 16.1. The van der Waals surface area contributed by atoms with Crippen LogP contribution in [0.5, 0.6) is 0 Å². The standard InChI is InChI=1S/C26H30N2O5/c29-23(32-17-20-7-3-1-4-8-20)12-11-22(24(30)33-18-21-9-5-2-6-10-21)28-19-26(25(28)31)13-15-27-16-14-26/h1-10,22,27H,11-19H2/t22-/m0/s1. The summed E-state index contributed by atoms with van der Waals surface area (Å²) >= 11 is 0. The van der Waals surface area contributed by atoms with Crippen LogP contribution >= 0.6 is 0 Å². The largest absolute Gasteiger partial charge is 0.461 e. The first-order valence-electron chi connectivity index (χ1n) is 11.5. The number of nitrogens with zero attached hydrogens (tertiary/aromatic N) is 1. The van der Waals surface area contributed by atoms with Crippen molar-refractivity contribution < 1.29 is 23.9 Å². The van der Waals surface area contributed by atoms with Gasteiger partial charge >= 0.3 is 11.9 Å². The number of amides is 1. The van der Waals surface area contributed by atoms with E-state index in [9.17, 15) is 14.4 Å². The number of piperidine rings is 1. The van der Waals surface area contributed by atoms with E-state index < -0.39 is 18.0 Å². The highest BCUT2D eigenvalue weighted by Crippen LogP contribution is 2.42. The summed E-state index contributed by atoms with van der Waals surface area (Å²) in [6.45, 7) is 2.44. The minimum atomic E-state index is -0.786. The van der Waals surface area contributed by atoms with Gasteiger partial charge in [-0.1, -0.05) is 60.7 Å². The molecule has 1 N–H and O–H groups in total. The molecule has 2 aliphatic heterocycles. The molecule has 0 aliphatic carbocycles. The van der Waals surface area contributed by atoms with E-state index in [1.807, 2.05) is 60.7 Å². The molecule has 1 atom stereocenters. The fraction of sp³-hybridized carbons (Fsp3) is 0.423. The minimum absolute atomic E-state index is 0.0108. The lowest BCUT2D eigenvalue weighted by Crippen LogP contribution is -2.68. The molecular weight excluding hydrogens is 420 g/mol. The van der Waals surface area contributed by atoms with E-state index in [4.69, 9.17) is 9.47 Å². The van der Waals surface area contributed by atoms with E-state index in [-0.39, 0.29) is 37.4 Å². The number of likely N-dealkylation sites (tertiary alicyclic amines) is 1. The number of ether oxygens (including phenoxy) is 2. The maximum absolute atomic E-state index is 13.1. The number of hydrogen-bond acceptors (Lipinski definition) is 6. The molecule has 0 radical (unpaired) electrons. The minimum Gasteiger partial charge on any atom is -0.461 e. The van der Waals surface area contributed by atoms with Gasteiger partial charge in [-0.2, -0.15) is 0 Å². The number of esters is 2. The van der Waals surface area contributed by atoms with Gasteiger partial charge in [-0.05, 0) is 43.5 Å². The van der Waals surface area contributed by atoms with Gasteiger partial charge in [0.25, 0.3) is 0 Å². The van der Waals surface area contributed by atoms with E-state index in [2.05, 4.69) is 5.32 Å². The molecule has 2 saturated heterocycles. The summed E-state index contributed by atoms with van der Waals surface area (Å²) in [6.07, 6.45) is 1.76. The molecule has 7 nitrogen and oxygen atoms in total. The second-order valence-electron chi connectivity index (χ2n) is 8.76. The van der Waals surface area contributed by atoms with Crippen LogP contribution in [0.4, 0.5) is 0 Å². The van der Waals surface area contributed by atoms with Crippen LogP contribution in [0.3, 0.4) is 0 Å². The third-order valence-corrected chi connectivity index (χ3v) is 6.48. The molecule has 2 heterocycles. The molecule has 2 aliphatic rings. The second kappa shape index (κ2) is 10.6. The Hall–Kier alpha value is -3.19. The van der Waals surface area contributed by atoms with Gasteiger partial charge in [0.05, 0.1) is 5.41 Å². The Morgan fingerprint density at radius 3 is 2.06 bits per heavy atom. The zero-order chi connectivity index (χ0) is 23.1. The van der Waals surface area contributed by atoms with Gasteiger partial charge < -0.3 is 19.7 Å². The highest BCUT2D eigenvalue weighted by molar-refractivity contribution is 5.93. The van der Waals surface area contributed by atoms with Gasteiger partial charge in [-0.3, -0.25) is 9.59 Å². The van der Waals surface area contributed by atoms with Crippen molar-refractivity contribution in [3.05, 3.63) is 71.8 Å². The molecule has 2 aromatic rings. The smallest absolute Gasteiger partial charge is 0.329 e. The van der Waals surface area contributed by atoms with E-state index in [0.29, 0.717) is 6.54 Å². The number of nitrogens with one attached hydrogen (secondary N) is 1. The van der Waals surface area contributed by atoms with Crippen molar-refractivity contribution in [3.63, 3.8) is 0 Å². The SMILES string of the molecule is O=C(CC[C@@H](C(=O)OCc1ccccc1)N1CC2(CCNCC2)C1=O)OCc1ccccc1. The summed E-state index contributed by atoms with van der Waals surface area (Å²) in [5, 5.41) is 3.28. The summed E-state index contributed by atoms with van der Waals surface area (Å²) in [5.41, 5.74) is 1.39. The van der Waals surface area contributed by atoms with Crippen LogP contribution in [0.15, 0.2) is 60.7 Å². The fourth-order valence-corrected chi connectivity index (χ4v) is 4.50. The number of carbonyl (C=O) groups excluding carboxylic acids is 3. The Kier molecular flexibility index (Phi) is 7.40. The molecule has 1 amide bonds. The van der Waals surface area contributed by atoms with Gasteiger partial charge in [0, 0.05) is 13.0 Å².